The predicted molar refractivity (Wildman–Crippen MR) is 76.7 cm³/mol. The highest BCUT2D eigenvalue weighted by molar-refractivity contribution is 5.93. The van der Waals surface area contributed by atoms with Gasteiger partial charge in [0.05, 0.1) is 5.92 Å². The maximum Gasteiger partial charge on any atom is 0.229 e. The fourth-order valence-corrected chi connectivity index (χ4v) is 2.00. The van der Waals surface area contributed by atoms with E-state index in [1.54, 1.807) is 0 Å². The predicted octanol–water partition coefficient (Wildman–Crippen LogP) is 2.78. The number of nitrogens with one attached hydrogen (secondary N) is 1. The minimum absolute atomic E-state index is 0.0128. The molecule has 1 rings (SSSR count). The summed E-state index contributed by atoms with van der Waals surface area (Å²) < 4.78 is 0. The normalized spacial score (nSPS) is 12.6. The highest BCUT2D eigenvalue weighted by Gasteiger charge is 2.21. The maximum absolute atomic E-state index is 12.1. The number of hydrogen-bond donors (Lipinski definition) is 2. The van der Waals surface area contributed by atoms with Crippen molar-refractivity contribution in [3.05, 3.63) is 28.8 Å². The van der Waals surface area contributed by atoms with E-state index in [4.69, 9.17) is 5.73 Å². The number of carbonyl (C=O) groups is 1. The Labute approximate surface area is 110 Å². The zero-order valence-corrected chi connectivity index (χ0v) is 12.0. The van der Waals surface area contributed by atoms with Crippen molar-refractivity contribution in [2.24, 2.45) is 17.6 Å². The van der Waals surface area contributed by atoms with Crippen LogP contribution in [0.3, 0.4) is 0 Å². The van der Waals surface area contributed by atoms with Gasteiger partial charge in [-0.05, 0) is 49.4 Å². The van der Waals surface area contributed by atoms with Crippen molar-refractivity contribution in [2.45, 2.75) is 34.6 Å². The Kier molecular flexibility index (Phi) is 4.91. The van der Waals surface area contributed by atoms with Crippen molar-refractivity contribution in [2.75, 3.05) is 11.9 Å². The van der Waals surface area contributed by atoms with Crippen LogP contribution in [0.2, 0.25) is 0 Å². The number of carbonyl (C=O) groups excluding carboxylic acids is 1. The summed E-state index contributed by atoms with van der Waals surface area (Å²) in [7, 11) is 0. The van der Waals surface area contributed by atoms with E-state index in [1.165, 1.54) is 11.1 Å². The van der Waals surface area contributed by atoms with Gasteiger partial charge in [-0.1, -0.05) is 19.9 Å². The Balaban J connectivity index is 2.91. The van der Waals surface area contributed by atoms with Crippen molar-refractivity contribution in [1.29, 1.82) is 0 Å². The van der Waals surface area contributed by atoms with E-state index in [2.05, 4.69) is 18.3 Å². The molecule has 0 aromatic heterocycles. The summed E-state index contributed by atoms with van der Waals surface area (Å²) in [4.78, 5) is 12.1. The molecule has 0 aliphatic rings. The van der Waals surface area contributed by atoms with Crippen molar-refractivity contribution in [3.63, 3.8) is 0 Å². The first-order valence-corrected chi connectivity index (χ1v) is 6.45. The summed E-state index contributed by atoms with van der Waals surface area (Å²) in [6, 6.07) is 4.12. The average molecular weight is 248 g/mol. The van der Waals surface area contributed by atoms with Crippen LogP contribution in [-0.2, 0) is 4.79 Å². The molecular weight excluding hydrogens is 224 g/mol. The molecule has 1 unspecified atom stereocenters. The van der Waals surface area contributed by atoms with Gasteiger partial charge in [0, 0.05) is 12.2 Å². The summed E-state index contributed by atoms with van der Waals surface area (Å²) in [5, 5.41) is 2.99. The quantitative estimate of drug-likeness (QED) is 0.861. The molecule has 1 aromatic carbocycles. The third kappa shape index (κ3) is 3.33. The Hall–Kier alpha value is -1.35. The second kappa shape index (κ2) is 6.01. The van der Waals surface area contributed by atoms with Gasteiger partial charge < -0.3 is 11.1 Å². The zero-order chi connectivity index (χ0) is 13.9. The molecule has 0 aliphatic heterocycles. The first-order chi connectivity index (χ1) is 8.36. The molecule has 0 fully saturated rings. The van der Waals surface area contributed by atoms with E-state index < -0.39 is 0 Å². The molecule has 1 atom stereocenters. The van der Waals surface area contributed by atoms with Gasteiger partial charge in [0.1, 0.15) is 0 Å². The van der Waals surface area contributed by atoms with Crippen LogP contribution in [0, 0.1) is 32.6 Å². The van der Waals surface area contributed by atoms with Crippen LogP contribution in [0.1, 0.15) is 30.5 Å². The molecule has 0 saturated carbocycles. The van der Waals surface area contributed by atoms with E-state index in [0.29, 0.717) is 6.54 Å². The van der Waals surface area contributed by atoms with Crippen molar-refractivity contribution in [3.8, 4) is 0 Å². The van der Waals surface area contributed by atoms with E-state index in [-0.39, 0.29) is 17.7 Å². The number of benzene rings is 1. The SMILES string of the molecule is Cc1cc(C)c(NC(=O)C(CN)C(C)C)cc1C. The average Bonchev–Trinajstić information content (AvgIpc) is 2.26. The third-order valence-electron chi connectivity index (χ3n) is 3.49. The van der Waals surface area contributed by atoms with Gasteiger partial charge in [0.2, 0.25) is 5.91 Å². The summed E-state index contributed by atoms with van der Waals surface area (Å²) in [6.07, 6.45) is 0. The van der Waals surface area contributed by atoms with Crippen LogP contribution in [0.5, 0.6) is 0 Å². The van der Waals surface area contributed by atoms with Crippen LogP contribution in [-0.4, -0.2) is 12.5 Å². The van der Waals surface area contributed by atoms with Crippen molar-refractivity contribution < 1.29 is 4.79 Å². The van der Waals surface area contributed by atoms with Gasteiger partial charge in [-0.25, -0.2) is 0 Å². The highest BCUT2D eigenvalue weighted by Crippen LogP contribution is 2.21. The Morgan fingerprint density at radius 1 is 1.17 bits per heavy atom. The van der Waals surface area contributed by atoms with E-state index in [0.717, 1.165) is 11.3 Å². The molecule has 3 nitrogen and oxygen atoms in total. The van der Waals surface area contributed by atoms with E-state index >= 15 is 0 Å². The van der Waals surface area contributed by atoms with Gasteiger partial charge in [-0.15, -0.1) is 0 Å². The lowest BCUT2D eigenvalue weighted by molar-refractivity contribution is -0.120. The zero-order valence-electron chi connectivity index (χ0n) is 12.0. The summed E-state index contributed by atoms with van der Waals surface area (Å²) in [6.45, 7) is 10.6. The number of amides is 1. The summed E-state index contributed by atoms with van der Waals surface area (Å²) >= 11 is 0. The van der Waals surface area contributed by atoms with Gasteiger partial charge in [0.15, 0.2) is 0 Å². The first kappa shape index (κ1) is 14.7. The van der Waals surface area contributed by atoms with E-state index in [1.807, 2.05) is 33.8 Å². The van der Waals surface area contributed by atoms with Gasteiger partial charge in [-0.3, -0.25) is 4.79 Å². The topological polar surface area (TPSA) is 55.1 Å². The van der Waals surface area contributed by atoms with Crippen molar-refractivity contribution >= 4 is 11.6 Å². The van der Waals surface area contributed by atoms with Crippen LogP contribution in [0.4, 0.5) is 5.69 Å². The molecule has 0 aliphatic carbocycles. The molecule has 0 heterocycles. The monoisotopic (exact) mass is 248 g/mol. The number of nitrogens with two attached hydrogens (primary N) is 1. The molecule has 100 valence electrons. The molecule has 0 spiro atoms. The fourth-order valence-electron chi connectivity index (χ4n) is 2.00. The maximum atomic E-state index is 12.1. The lowest BCUT2D eigenvalue weighted by atomic mass is 9.94. The number of hydrogen-bond acceptors (Lipinski definition) is 2. The molecular formula is C15H24N2O. The van der Waals surface area contributed by atoms with E-state index in [9.17, 15) is 4.79 Å². The minimum Gasteiger partial charge on any atom is -0.330 e. The van der Waals surface area contributed by atoms with Gasteiger partial charge in [-0.2, -0.15) is 0 Å². The van der Waals surface area contributed by atoms with Crippen molar-refractivity contribution in [1.82, 2.24) is 0 Å². The Morgan fingerprint density at radius 2 is 1.72 bits per heavy atom. The lowest BCUT2D eigenvalue weighted by Gasteiger charge is -2.19. The largest absolute Gasteiger partial charge is 0.330 e. The molecule has 0 saturated heterocycles. The molecule has 3 heteroatoms. The molecule has 18 heavy (non-hydrogen) atoms. The Bertz CT molecular complexity index is 438. The highest BCUT2D eigenvalue weighted by atomic mass is 16.1. The molecule has 1 amide bonds. The van der Waals surface area contributed by atoms with Gasteiger partial charge in [0.25, 0.3) is 0 Å². The minimum atomic E-state index is -0.133. The smallest absolute Gasteiger partial charge is 0.229 e. The molecule has 3 N–H and O–H groups in total. The van der Waals surface area contributed by atoms with Crippen LogP contribution >= 0.6 is 0 Å². The summed E-state index contributed by atoms with van der Waals surface area (Å²) in [5.41, 5.74) is 10.1. The first-order valence-electron chi connectivity index (χ1n) is 6.45. The molecule has 0 radical (unpaired) electrons. The van der Waals surface area contributed by atoms with Crippen LogP contribution in [0.15, 0.2) is 12.1 Å². The standard InChI is InChI=1S/C15H24N2O/c1-9(2)13(8-16)15(18)17-14-7-11(4)10(3)6-12(14)5/h6-7,9,13H,8,16H2,1-5H3,(H,17,18). The third-order valence-corrected chi connectivity index (χ3v) is 3.49. The fraction of sp³-hybridized carbons (Fsp3) is 0.533. The summed E-state index contributed by atoms with van der Waals surface area (Å²) in [5.74, 6) is 0.131. The van der Waals surface area contributed by atoms with Gasteiger partial charge >= 0.3 is 0 Å². The van der Waals surface area contributed by atoms with Crippen LogP contribution < -0.4 is 11.1 Å². The Morgan fingerprint density at radius 3 is 2.22 bits per heavy atom. The molecule has 1 aromatic rings. The van der Waals surface area contributed by atoms with Crippen LogP contribution in [0.25, 0.3) is 0 Å². The lowest BCUT2D eigenvalue weighted by Crippen LogP contribution is -2.33. The second-order valence-electron chi connectivity index (χ2n) is 5.33. The number of aryl methyl sites for hydroxylation is 3. The second-order valence-corrected chi connectivity index (χ2v) is 5.33. The number of anilines is 1. The molecule has 0 bridgehead atoms. The number of rotatable bonds is 4.